The number of carbonyl (C=O) groups excluding carboxylic acids is 1. The van der Waals surface area contributed by atoms with Gasteiger partial charge >= 0.3 is 0 Å². The van der Waals surface area contributed by atoms with E-state index in [0.29, 0.717) is 13.0 Å². The standard InChI is InChI=1S/C10H12FNO/c11-6-7-12(9-13)8-10-4-2-1-3-5-10/h1-5,9H,6-8H2. The lowest BCUT2D eigenvalue weighted by Crippen LogP contribution is -2.23. The lowest BCUT2D eigenvalue weighted by molar-refractivity contribution is -0.118. The first kappa shape index (κ1) is 9.71. The van der Waals surface area contributed by atoms with E-state index in [9.17, 15) is 9.18 Å². The summed E-state index contributed by atoms with van der Waals surface area (Å²) in [5, 5.41) is 0. The Morgan fingerprint density at radius 1 is 1.31 bits per heavy atom. The lowest BCUT2D eigenvalue weighted by Gasteiger charge is -2.14. The zero-order chi connectivity index (χ0) is 9.52. The van der Waals surface area contributed by atoms with Crippen LogP contribution in [0.25, 0.3) is 0 Å². The van der Waals surface area contributed by atoms with E-state index < -0.39 is 6.67 Å². The summed E-state index contributed by atoms with van der Waals surface area (Å²) in [5.41, 5.74) is 1.02. The largest absolute Gasteiger partial charge is 0.338 e. The molecule has 70 valence electrons. The summed E-state index contributed by atoms with van der Waals surface area (Å²) in [6.07, 6.45) is 0.673. The Morgan fingerprint density at radius 3 is 2.54 bits per heavy atom. The number of carbonyl (C=O) groups is 1. The molecule has 1 amide bonds. The van der Waals surface area contributed by atoms with Crippen molar-refractivity contribution in [3.8, 4) is 0 Å². The molecule has 3 heteroatoms. The van der Waals surface area contributed by atoms with Gasteiger partial charge in [0.2, 0.25) is 6.41 Å². The Labute approximate surface area is 77.0 Å². The normalized spacial score (nSPS) is 9.62. The van der Waals surface area contributed by atoms with E-state index in [1.165, 1.54) is 4.90 Å². The van der Waals surface area contributed by atoms with E-state index in [2.05, 4.69) is 0 Å². The first-order chi connectivity index (χ1) is 6.36. The molecule has 0 aliphatic carbocycles. The Morgan fingerprint density at radius 2 is 2.00 bits per heavy atom. The van der Waals surface area contributed by atoms with Crippen molar-refractivity contribution in [2.45, 2.75) is 6.54 Å². The Hall–Kier alpha value is -1.38. The van der Waals surface area contributed by atoms with Gasteiger partial charge in [0.15, 0.2) is 0 Å². The van der Waals surface area contributed by atoms with Crippen molar-refractivity contribution >= 4 is 6.41 Å². The van der Waals surface area contributed by atoms with E-state index >= 15 is 0 Å². The van der Waals surface area contributed by atoms with Gasteiger partial charge in [-0.05, 0) is 5.56 Å². The molecule has 0 atom stereocenters. The maximum Gasteiger partial charge on any atom is 0.210 e. The van der Waals surface area contributed by atoms with Crippen molar-refractivity contribution < 1.29 is 9.18 Å². The Balaban J connectivity index is 2.51. The highest BCUT2D eigenvalue weighted by Gasteiger charge is 2.00. The summed E-state index contributed by atoms with van der Waals surface area (Å²) in [6.45, 7) is 0.151. The fraction of sp³-hybridized carbons (Fsp3) is 0.300. The number of nitrogens with zero attached hydrogens (tertiary/aromatic N) is 1. The molecule has 2 nitrogen and oxygen atoms in total. The van der Waals surface area contributed by atoms with Crippen LogP contribution in [0.4, 0.5) is 4.39 Å². The number of benzene rings is 1. The van der Waals surface area contributed by atoms with Gasteiger partial charge in [-0.2, -0.15) is 0 Å². The fourth-order valence-corrected chi connectivity index (χ4v) is 1.10. The first-order valence-corrected chi connectivity index (χ1v) is 4.16. The second-order valence-corrected chi connectivity index (χ2v) is 2.75. The van der Waals surface area contributed by atoms with Crippen LogP contribution in [0.2, 0.25) is 0 Å². The predicted molar refractivity (Wildman–Crippen MR) is 48.9 cm³/mol. The highest BCUT2D eigenvalue weighted by molar-refractivity contribution is 5.47. The van der Waals surface area contributed by atoms with Gasteiger partial charge in [0.25, 0.3) is 0 Å². The zero-order valence-electron chi connectivity index (χ0n) is 7.32. The topological polar surface area (TPSA) is 20.3 Å². The number of rotatable bonds is 5. The van der Waals surface area contributed by atoms with Crippen molar-refractivity contribution in [3.63, 3.8) is 0 Å². The lowest BCUT2D eigenvalue weighted by atomic mass is 10.2. The average molecular weight is 181 g/mol. The van der Waals surface area contributed by atoms with Crippen molar-refractivity contribution in [1.82, 2.24) is 4.90 Å². The SMILES string of the molecule is O=CN(CCF)Cc1ccccc1. The third-order valence-corrected chi connectivity index (χ3v) is 1.75. The zero-order valence-corrected chi connectivity index (χ0v) is 7.32. The number of hydrogen-bond acceptors (Lipinski definition) is 1. The van der Waals surface area contributed by atoms with Gasteiger partial charge in [-0.1, -0.05) is 30.3 Å². The molecule has 0 N–H and O–H groups in total. The molecule has 1 aromatic carbocycles. The van der Waals surface area contributed by atoms with Gasteiger partial charge in [0.05, 0.1) is 0 Å². The molecular weight excluding hydrogens is 169 g/mol. The minimum Gasteiger partial charge on any atom is -0.338 e. The smallest absolute Gasteiger partial charge is 0.210 e. The molecule has 0 saturated heterocycles. The van der Waals surface area contributed by atoms with Gasteiger partial charge in [0, 0.05) is 13.1 Å². The molecule has 0 unspecified atom stereocenters. The van der Waals surface area contributed by atoms with E-state index in [-0.39, 0.29) is 6.54 Å². The van der Waals surface area contributed by atoms with E-state index in [4.69, 9.17) is 0 Å². The minimum absolute atomic E-state index is 0.165. The Bertz CT molecular complexity index is 250. The second-order valence-electron chi connectivity index (χ2n) is 2.75. The fourth-order valence-electron chi connectivity index (χ4n) is 1.10. The van der Waals surface area contributed by atoms with Crippen molar-refractivity contribution in [2.24, 2.45) is 0 Å². The van der Waals surface area contributed by atoms with Crippen LogP contribution in [0.15, 0.2) is 30.3 Å². The minimum atomic E-state index is -0.494. The summed E-state index contributed by atoms with van der Waals surface area (Å²) in [5.74, 6) is 0. The molecule has 1 aromatic rings. The highest BCUT2D eigenvalue weighted by atomic mass is 19.1. The van der Waals surface area contributed by atoms with Gasteiger partial charge in [-0.3, -0.25) is 4.79 Å². The summed E-state index contributed by atoms with van der Waals surface area (Å²) in [7, 11) is 0. The second kappa shape index (κ2) is 5.30. The van der Waals surface area contributed by atoms with Crippen LogP contribution in [-0.4, -0.2) is 24.5 Å². The molecule has 0 fully saturated rings. The molecule has 0 aliphatic rings. The van der Waals surface area contributed by atoms with Crippen LogP contribution >= 0.6 is 0 Å². The van der Waals surface area contributed by atoms with Gasteiger partial charge in [0.1, 0.15) is 6.67 Å². The summed E-state index contributed by atoms with van der Waals surface area (Å²) in [6, 6.07) is 9.52. The molecule has 0 saturated carbocycles. The van der Waals surface area contributed by atoms with E-state index in [0.717, 1.165) is 5.56 Å². The third kappa shape index (κ3) is 3.23. The molecule has 13 heavy (non-hydrogen) atoms. The quantitative estimate of drug-likeness (QED) is 0.632. The molecule has 0 aromatic heterocycles. The number of hydrogen-bond donors (Lipinski definition) is 0. The maximum atomic E-state index is 11.9. The number of amides is 1. The molecule has 0 heterocycles. The van der Waals surface area contributed by atoms with Crippen LogP contribution in [0.1, 0.15) is 5.56 Å². The van der Waals surface area contributed by atoms with Crippen LogP contribution in [0.3, 0.4) is 0 Å². The van der Waals surface area contributed by atoms with Gasteiger partial charge < -0.3 is 4.90 Å². The average Bonchev–Trinajstić information content (AvgIpc) is 2.19. The maximum absolute atomic E-state index is 11.9. The number of halogens is 1. The van der Waals surface area contributed by atoms with E-state index in [1.807, 2.05) is 30.3 Å². The molecule has 0 radical (unpaired) electrons. The van der Waals surface area contributed by atoms with Crippen molar-refractivity contribution in [3.05, 3.63) is 35.9 Å². The third-order valence-electron chi connectivity index (χ3n) is 1.75. The molecular formula is C10H12FNO. The molecule has 0 bridgehead atoms. The van der Waals surface area contributed by atoms with Crippen molar-refractivity contribution in [1.29, 1.82) is 0 Å². The van der Waals surface area contributed by atoms with Gasteiger partial charge in [-0.25, -0.2) is 4.39 Å². The molecule has 0 aliphatic heterocycles. The first-order valence-electron chi connectivity index (χ1n) is 4.16. The molecule has 0 spiro atoms. The van der Waals surface area contributed by atoms with Crippen LogP contribution in [0, 0.1) is 0 Å². The monoisotopic (exact) mass is 181 g/mol. The van der Waals surface area contributed by atoms with Crippen LogP contribution < -0.4 is 0 Å². The van der Waals surface area contributed by atoms with Gasteiger partial charge in [-0.15, -0.1) is 0 Å². The summed E-state index contributed by atoms with van der Waals surface area (Å²) >= 11 is 0. The van der Waals surface area contributed by atoms with Crippen molar-refractivity contribution in [2.75, 3.05) is 13.2 Å². The number of alkyl halides is 1. The highest BCUT2D eigenvalue weighted by Crippen LogP contribution is 2.02. The van der Waals surface area contributed by atoms with E-state index in [1.54, 1.807) is 0 Å². The molecule has 1 rings (SSSR count). The summed E-state index contributed by atoms with van der Waals surface area (Å²) < 4.78 is 11.9. The summed E-state index contributed by atoms with van der Waals surface area (Å²) in [4.78, 5) is 11.9. The Kier molecular flexibility index (Phi) is 3.96. The van der Waals surface area contributed by atoms with Crippen LogP contribution in [-0.2, 0) is 11.3 Å². The van der Waals surface area contributed by atoms with Crippen LogP contribution in [0.5, 0.6) is 0 Å². The predicted octanol–water partition coefficient (Wildman–Crippen LogP) is 1.61.